The molecular formula is C15H11N3O. The molecule has 0 saturated carbocycles. The molecule has 0 spiro atoms. The Labute approximate surface area is 110 Å². The van der Waals surface area contributed by atoms with E-state index in [9.17, 15) is 4.79 Å². The highest BCUT2D eigenvalue weighted by Gasteiger charge is 2.06. The number of amides is 1. The molecule has 0 aromatic heterocycles. The van der Waals surface area contributed by atoms with E-state index in [4.69, 9.17) is 5.53 Å². The van der Waals surface area contributed by atoms with Crippen molar-refractivity contribution < 1.29 is 4.79 Å². The average Bonchev–Trinajstić information content (AvgIpc) is 2.47. The molecule has 0 N–H and O–H groups in total. The van der Waals surface area contributed by atoms with Gasteiger partial charge in [-0.05, 0) is 21.8 Å². The van der Waals surface area contributed by atoms with Crippen LogP contribution in [0.2, 0.25) is 0 Å². The Morgan fingerprint density at radius 3 is 2.42 bits per heavy atom. The summed E-state index contributed by atoms with van der Waals surface area (Å²) in [5.74, 6) is -0.573. The van der Waals surface area contributed by atoms with Crippen LogP contribution in [0.25, 0.3) is 22.6 Å². The molecule has 2 aromatic carbocycles. The summed E-state index contributed by atoms with van der Waals surface area (Å²) in [7, 11) is 0. The Kier molecular flexibility index (Phi) is 4.11. The Hall–Kier alpha value is -2.84. The Morgan fingerprint density at radius 1 is 1.00 bits per heavy atom. The van der Waals surface area contributed by atoms with E-state index in [1.165, 1.54) is 0 Å². The molecule has 2 aromatic rings. The number of carbonyl (C=O) groups is 1. The molecule has 0 bridgehead atoms. The normalized spacial score (nSPS) is 10.1. The fraction of sp³-hybridized carbons (Fsp3) is 0. The van der Waals surface area contributed by atoms with E-state index in [1.54, 1.807) is 18.2 Å². The smallest absolute Gasteiger partial charge is 0.249 e. The Bertz CT molecular complexity index is 656. The van der Waals surface area contributed by atoms with E-state index in [0.717, 1.165) is 11.1 Å². The molecule has 0 unspecified atom stereocenters. The molecule has 0 aliphatic rings. The molecule has 19 heavy (non-hydrogen) atoms. The van der Waals surface area contributed by atoms with Crippen LogP contribution >= 0.6 is 0 Å². The zero-order valence-corrected chi connectivity index (χ0v) is 10.1. The van der Waals surface area contributed by atoms with Crippen LogP contribution < -0.4 is 0 Å². The average molecular weight is 249 g/mol. The molecule has 4 heteroatoms. The number of hydrogen-bond acceptors (Lipinski definition) is 1. The predicted octanol–water partition coefficient (Wildman–Crippen LogP) is 4.31. The molecule has 0 radical (unpaired) electrons. The third kappa shape index (κ3) is 3.31. The highest BCUT2D eigenvalue weighted by atomic mass is 16.1. The van der Waals surface area contributed by atoms with Gasteiger partial charge >= 0.3 is 0 Å². The fourth-order valence-corrected chi connectivity index (χ4v) is 1.68. The van der Waals surface area contributed by atoms with Crippen molar-refractivity contribution in [3.8, 4) is 0 Å². The van der Waals surface area contributed by atoms with Crippen LogP contribution in [0.4, 0.5) is 0 Å². The van der Waals surface area contributed by atoms with Gasteiger partial charge in [-0.15, -0.1) is 0 Å². The van der Waals surface area contributed by atoms with Gasteiger partial charge in [-0.2, -0.15) is 0 Å². The number of rotatable bonds is 3. The summed E-state index contributed by atoms with van der Waals surface area (Å²) >= 11 is 0. The minimum atomic E-state index is -0.573. The van der Waals surface area contributed by atoms with E-state index >= 15 is 0 Å². The maximum absolute atomic E-state index is 11.6. The predicted molar refractivity (Wildman–Crippen MR) is 75.3 cm³/mol. The lowest BCUT2D eigenvalue weighted by atomic mass is 10.1. The van der Waals surface area contributed by atoms with Crippen molar-refractivity contribution in [3.63, 3.8) is 0 Å². The van der Waals surface area contributed by atoms with E-state index in [1.807, 2.05) is 48.6 Å². The van der Waals surface area contributed by atoms with Crippen molar-refractivity contribution in [3.05, 3.63) is 81.7 Å². The van der Waals surface area contributed by atoms with Crippen LogP contribution in [-0.4, -0.2) is 5.91 Å². The lowest BCUT2D eigenvalue weighted by molar-refractivity contribution is 0.1000. The highest BCUT2D eigenvalue weighted by molar-refractivity contribution is 5.99. The minimum Gasteiger partial charge on any atom is -0.287 e. The number of hydrogen-bond donors (Lipinski definition) is 0. The van der Waals surface area contributed by atoms with E-state index in [2.05, 4.69) is 10.0 Å². The van der Waals surface area contributed by atoms with Gasteiger partial charge in [-0.1, -0.05) is 66.7 Å². The van der Waals surface area contributed by atoms with Crippen molar-refractivity contribution >= 4 is 18.1 Å². The number of benzene rings is 2. The lowest BCUT2D eigenvalue weighted by Gasteiger charge is -2.00. The first kappa shape index (κ1) is 12.6. The van der Waals surface area contributed by atoms with Gasteiger partial charge in [-0.25, -0.2) is 0 Å². The third-order valence-corrected chi connectivity index (χ3v) is 2.58. The fourth-order valence-electron chi connectivity index (χ4n) is 1.68. The third-order valence-electron chi connectivity index (χ3n) is 2.58. The second-order valence-corrected chi connectivity index (χ2v) is 3.83. The van der Waals surface area contributed by atoms with Crippen molar-refractivity contribution in [2.24, 2.45) is 5.11 Å². The van der Waals surface area contributed by atoms with Gasteiger partial charge in [0.05, 0.1) is 0 Å². The van der Waals surface area contributed by atoms with Crippen molar-refractivity contribution in [2.75, 3.05) is 0 Å². The number of nitrogens with zero attached hydrogens (tertiary/aromatic N) is 3. The maximum Gasteiger partial charge on any atom is 0.249 e. The largest absolute Gasteiger partial charge is 0.287 e. The summed E-state index contributed by atoms with van der Waals surface area (Å²) in [5, 5.41) is 3.12. The van der Waals surface area contributed by atoms with Crippen molar-refractivity contribution in [1.29, 1.82) is 0 Å². The number of azide groups is 1. The van der Waals surface area contributed by atoms with E-state index in [0.29, 0.717) is 5.56 Å². The molecule has 0 fully saturated rings. The van der Waals surface area contributed by atoms with Gasteiger partial charge in [0.1, 0.15) is 0 Å². The first-order valence-electron chi connectivity index (χ1n) is 5.73. The van der Waals surface area contributed by atoms with Gasteiger partial charge in [0.2, 0.25) is 5.91 Å². The molecule has 0 aliphatic carbocycles. The summed E-state index contributed by atoms with van der Waals surface area (Å²) in [5.41, 5.74) is 10.5. The minimum absolute atomic E-state index is 0.396. The summed E-state index contributed by atoms with van der Waals surface area (Å²) in [6.45, 7) is 0. The maximum atomic E-state index is 11.6. The first-order valence-corrected chi connectivity index (χ1v) is 5.73. The Balaban J connectivity index is 2.33. The van der Waals surface area contributed by atoms with Gasteiger partial charge in [0, 0.05) is 10.5 Å². The zero-order valence-electron chi connectivity index (χ0n) is 10.1. The first-order chi connectivity index (χ1) is 9.31. The zero-order chi connectivity index (χ0) is 13.5. The molecule has 0 saturated heterocycles. The second kappa shape index (κ2) is 6.19. The molecule has 92 valence electrons. The van der Waals surface area contributed by atoms with Gasteiger partial charge in [0.25, 0.3) is 0 Å². The molecule has 0 atom stereocenters. The van der Waals surface area contributed by atoms with E-state index < -0.39 is 5.91 Å². The number of carbonyl (C=O) groups excluding carboxylic acids is 1. The van der Waals surface area contributed by atoms with E-state index in [-0.39, 0.29) is 0 Å². The SMILES string of the molecule is [N-]=[N+]=NC(=O)c1ccccc1/C=C/c1ccccc1. The van der Waals surface area contributed by atoms with Crippen LogP contribution in [0.5, 0.6) is 0 Å². The summed E-state index contributed by atoms with van der Waals surface area (Å²) in [4.78, 5) is 14.1. The van der Waals surface area contributed by atoms with Crippen LogP contribution in [-0.2, 0) is 0 Å². The van der Waals surface area contributed by atoms with Crippen LogP contribution in [0.3, 0.4) is 0 Å². The highest BCUT2D eigenvalue weighted by Crippen LogP contribution is 2.14. The molecule has 0 aliphatic heterocycles. The van der Waals surface area contributed by atoms with Crippen LogP contribution in [0, 0.1) is 0 Å². The topological polar surface area (TPSA) is 65.8 Å². The summed E-state index contributed by atoms with van der Waals surface area (Å²) in [6, 6.07) is 16.8. The van der Waals surface area contributed by atoms with Crippen molar-refractivity contribution in [2.45, 2.75) is 0 Å². The Morgan fingerprint density at radius 2 is 1.68 bits per heavy atom. The molecule has 2 rings (SSSR count). The van der Waals surface area contributed by atoms with Gasteiger partial charge in [0.15, 0.2) is 0 Å². The lowest BCUT2D eigenvalue weighted by Crippen LogP contribution is -1.96. The monoisotopic (exact) mass is 249 g/mol. The van der Waals surface area contributed by atoms with Crippen molar-refractivity contribution in [1.82, 2.24) is 0 Å². The second-order valence-electron chi connectivity index (χ2n) is 3.83. The van der Waals surface area contributed by atoms with Gasteiger partial charge < -0.3 is 0 Å². The summed E-state index contributed by atoms with van der Waals surface area (Å²) < 4.78 is 0. The van der Waals surface area contributed by atoms with Crippen LogP contribution in [0.1, 0.15) is 21.5 Å². The molecule has 1 amide bonds. The standard InChI is InChI=1S/C15H11N3O/c16-18-17-15(19)14-9-5-4-8-13(14)11-10-12-6-2-1-3-7-12/h1-11H/b11-10+. The summed E-state index contributed by atoms with van der Waals surface area (Å²) in [6.07, 6.45) is 3.73. The van der Waals surface area contributed by atoms with Crippen LogP contribution in [0.15, 0.2) is 59.7 Å². The quantitative estimate of drug-likeness (QED) is 0.346. The molecule has 4 nitrogen and oxygen atoms in total. The van der Waals surface area contributed by atoms with Gasteiger partial charge in [-0.3, -0.25) is 4.79 Å². The molecule has 0 heterocycles. The molecular weight excluding hydrogens is 238 g/mol.